The summed E-state index contributed by atoms with van der Waals surface area (Å²) in [6.07, 6.45) is 3.60. The van der Waals surface area contributed by atoms with Crippen LogP contribution < -0.4 is 11.3 Å². The van der Waals surface area contributed by atoms with Crippen LogP contribution in [0.5, 0.6) is 0 Å². The highest BCUT2D eigenvalue weighted by Gasteiger charge is 2.33. The van der Waals surface area contributed by atoms with E-state index < -0.39 is 0 Å². The van der Waals surface area contributed by atoms with Crippen molar-refractivity contribution in [2.45, 2.75) is 38.2 Å². The van der Waals surface area contributed by atoms with E-state index in [1.807, 2.05) is 0 Å². The number of nitrogens with one attached hydrogen (secondary N) is 1. The number of carbonyl (C=O) groups is 1. The summed E-state index contributed by atoms with van der Waals surface area (Å²) >= 11 is 0. The lowest BCUT2D eigenvalue weighted by atomic mass is 9.79. The molecule has 0 heterocycles. The first-order chi connectivity index (χ1) is 6.11. The fraction of sp³-hybridized carbons (Fsp3) is 0.889. The summed E-state index contributed by atoms with van der Waals surface area (Å²) in [5.74, 6) is 5.11. The molecule has 0 saturated heterocycles. The third-order valence-electron chi connectivity index (χ3n) is 3.05. The highest BCUT2D eigenvalue weighted by atomic mass is 16.5. The third kappa shape index (κ3) is 2.42. The van der Waals surface area contributed by atoms with E-state index in [0.717, 1.165) is 25.7 Å². The Hall–Kier alpha value is -0.610. The van der Waals surface area contributed by atoms with Gasteiger partial charge in [-0.1, -0.05) is 0 Å². The van der Waals surface area contributed by atoms with E-state index in [0.29, 0.717) is 0 Å². The molecule has 0 unspecified atom stereocenters. The molecular formula is C9H18N2O2. The first kappa shape index (κ1) is 10.5. The number of carbonyl (C=O) groups excluding carboxylic acids is 1. The van der Waals surface area contributed by atoms with Crippen LogP contribution in [0.15, 0.2) is 0 Å². The zero-order valence-electron chi connectivity index (χ0n) is 8.30. The van der Waals surface area contributed by atoms with Crippen molar-refractivity contribution in [1.29, 1.82) is 0 Å². The highest BCUT2D eigenvalue weighted by molar-refractivity contribution is 5.78. The molecule has 4 nitrogen and oxygen atoms in total. The number of ether oxygens (including phenoxy) is 1. The van der Waals surface area contributed by atoms with E-state index in [1.54, 1.807) is 7.11 Å². The molecule has 0 aromatic rings. The molecule has 1 rings (SSSR count). The Balaban J connectivity index is 2.43. The summed E-state index contributed by atoms with van der Waals surface area (Å²) < 4.78 is 5.38. The van der Waals surface area contributed by atoms with Gasteiger partial charge in [0.05, 0.1) is 5.60 Å². The lowest BCUT2D eigenvalue weighted by molar-refractivity contribution is -0.128. The molecule has 1 amide bonds. The van der Waals surface area contributed by atoms with Gasteiger partial charge < -0.3 is 4.74 Å². The Bertz CT molecular complexity index is 186. The monoisotopic (exact) mass is 186 g/mol. The maximum Gasteiger partial charge on any atom is 0.236 e. The lowest BCUT2D eigenvalue weighted by Crippen LogP contribution is -2.41. The summed E-state index contributed by atoms with van der Waals surface area (Å²) in [5.41, 5.74) is 2.16. The van der Waals surface area contributed by atoms with Crippen molar-refractivity contribution in [2.75, 3.05) is 7.11 Å². The van der Waals surface area contributed by atoms with Crippen LogP contribution in [-0.2, 0) is 9.53 Å². The second-order valence-electron chi connectivity index (χ2n) is 3.94. The molecule has 1 aliphatic carbocycles. The van der Waals surface area contributed by atoms with Crippen LogP contribution in [0.1, 0.15) is 32.6 Å². The van der Waals surface area contributed by atoms with Crippen LogP contribution in [0.3, 0.4) is 0 Å². The van der Waals surface area contributed by atoms with Crippen LogP contribution in [0, 0.1) is 5.92 Å². The van der Waals surface area contributed by atoms with Crippen LogP contribution in [0.25, 0.3) is 0 Å². The smallest absolute Gasteiger partial charge is 0.236 e. The number of methoxy groups -OCH3 is 1. The zero-order valence-corrected chi connectivity index (χ0v) is 8.30. The Morgan fingerprint density at radius 1 is 1.54 bits per heavy atom. The van der Waals surface area contributed by atoms with Gasteiger partial charge in [-0.3, -0.25) is 10.2 Å². The van der Waals surface area contributed by atoms with Crippen LogP contribution in [0.4, 0.5) is 0 Å². The molecule has 0 aromatic carbocycles. The summed E-state index contributed by atoms with van der Waals surface area (Å²) in [4.78, 5) is 11.2. The van der Waals surface area contributed by atoms with E-state index in [-0.39, 0.29) is 17.4 Å². The molecule has 0 atom stereocenters. The van der Waals surface area contributed by atoms with Gasteiger partial charge in [0.1, 0.15) is 0 Å². The minimum Gasteiger partial charge on any atom is -0.379 e. The highest BCUT2D eigenvalue weighted by Crippen LogP contribution is 2.33. The van der Waals surface area contributed by atoms with Gasteiger partial charge in [-0.2, -0.15) is 0 Å². The van der Waals surface area contributed by atoms with E-state index in [2.05, 4.69) is 12.3 Å². The predicted molar refractivity (Wildman–Crippen MR) is 49.7 cm³/mol. The van der Waals surface area contributed by atoms with Crippen molar-refractivity contribution in [3.8, 4) is 0 Å². The summed E-state index contributed by atoms with van der Waals surface area (Å²) in [6, 6.07) is 0. The Morgan fingerprint density at radius 2 is 2.08 bits per heavy atom. The van der Waals surface area contributed by atoms with Gasteiger partial charge in [-0.25, -0.2) is 5.84 Å². The molecule has 0 spiro atoms. The Morgan fingerprint density at radius 3 is 2.46 bits per heavy atom. The minimum absolute atomic E-state index is 0.0363. The molecule has 1 aliphatic rings. The average Bonchev–Trinajstić information content (AvgIpc) is 2.18. The molecule has 1 fully saturated rings. The molecule has 13 heavy (non-hydrogen) atoms. The van der Waals surface area contributed by atoms with E-state index in [4.69, 9.17) is 10.6 Å². The molecule has 4 heteroatoms. The molecule has 76 valence electrons. The number of hydrogen-bond donors (Lipinski definition) is 2. The fourth-order valence-electron chi connectivity index (χ4n) is 1.81. The Labute approximate surface area is 78.8 Å². The SMILES string of the molecule is COC1(C)CCC(C(=O)NN)CC1. The van der Waals surface area contributed by atoms with Gasteiger partial charge in [-0.15, -0.1) is 0 Å². The lowest BCUT2D eigenvalue weighted by Gasteiger charge is -2.35. The van der Waals surface area contributed by atoms with Gasteiger partial charge in [0.2, 0.25) is 5.91 Å². The molecule has 0 bridgehead atoms. The molecule has 3 N–H and O–H groups in total. The summed E-state index contributed by atoms with van der Waals surface area (Å²) in [5, 5.41) is 0. The normalized spacial score (nSPS) is 34.2. The molecule has 1 saturated carbocycles. The largest absolute Gasteiger partial charge is 0.379 e. The van der Waals surface area contributed by atoms with E-state index in [1.165, 1.54) is 0 Å². The number of amides is 1. The number of hydrazine groups is 1. The third-order valence-corrected chi connectivity index (χ3v) is 3.05. The van der Waals surface area contributed by atoms with Crippen molar-refractivity contribution in [3.05, 3.63) is 0 Å². The standard InChI is InChI=1S/C9H18N2O2/c1-9(13-2)5-3-7(4-6-9)8(12)11-10/h7H,3-6,10H2,1-2H3,(H,11,12). The van der Waals surface area contributed by atoms with Crippen molar-refractivity contribution >= 4 is 5.91 Å². The molecule has 0 aromatic heterocycles. The van der Waals surface area contributed by atoms with E-state index >= 15 is 0 Å². The maximum atomic E-state index is 11.2. The number of nitrogens with two attached hydrogens (primary N) is 1. The average molecular weight is 186 g/mol. The predicted octanol–water partition coefficient (Wildman–Crippen LogP) is 0.572. The Kier molecular flexibility index (Phi) is 3.27. The second-order valence-corrected chi connectivity index (χ2v) is 3.94. The first-order valence-corrected chi connectivity index (χ1v) is 4.67. The first-order valence-electron chi connectivity index (χ1n) is 4.67. The van der Waals surface area contributed by atoms with Gasteiger partial charge in [0.15, 0.2) is 0 Å². The van der Waals surface area contributed by atoms with E-state index in [9.17, 15) is 4.79 Å². The van der Waals surface area contributed by atoms with Crippen molar-refractivity contribution in [2.24, 2.45) is 11.8 Å². The zero-order chi connectivity index (χ0) is 9.90. The van der Waals surface area contributed by atoms with Crippen molar-refractivity contribution in [3.63, 3.8) is 0 Å². The second kappa shape index (κ2) is 4.07. The van der Waals surface area contributed by atoms with Crippen molar-refractivity contribution < 1.29 is 9.53 Å². The summed E-state index contributed by atoms with van der Waals surface area (Å²) in [7, 11) is 1.73. The maximum absolute atomic E-state index is 11.2. The van der Waals surface area contributed by atoms with Gasteiger partial charge in [0, 0.05) is 13.0 Å². The molecular weight excluding hydrogens is 168 g/mol. The quantitative estimate of drug-likeness (QED) is 0.376. The van der Waals surface area contributed by atoms with Crippen LogP contribution in [-0.4, -0.2) is 18.6 Å². The molecule has 0 aliphatic heterocycles. The summed E-state index contributed by atoms with van der Waals surface area (Å²) in [6.45, 7) is 2.09. The van der Waals surface area contributed by atoms with Crippen LogP contribution >= 0.6 is 0 Å². The van der Waals surface area contributed by atoms with Gasteiger partial charge >= 0.3 is 0 Å². The van der Waals surface area contributed by atoms with Gasteiger partial charge in [-0.05, 0) is 32.6 Å². The van der Waals surface area contributed by atoms with Gasteiger partial charge in [0.25, 0.3) is 0 Å². The van der Waals surface area contributed by atoms with Crippen LogP contribution in [0.2, 0.25) is 0 Å². The van der Waals surface area contributed by atoms with Crippen molar-refractivity contribution in [1.82, 2.24) is 5.43 Å². The number of rotatable bonds is 2. The topological polar surface area (TPSA) is 64.3 Å². The fourth-order valence-corrected chi connectivity index (χ4v) is 1.81. The molecule has 0 radical (unpaired) electrons. The number of hydrogen-bond acceptors (Lipinski definition) is 3. The minimum atomic E-state index is -0.0434.